The van der Waals surface area contributed by atoms with Gasteiger partial charge in [0.15, 0.2) is 0 Å². The monoisotopic (exact) mass is 260 g/mol. The number of anilines is 1. The van der Waals surface area contributed by atoms with E-state index in [4.69, 9.17) is 18.0 Å². The van der Waals surface area contributed by atoms with Crippen LogP contribution >= 0.6 is 12.2 Å². The molecule has 1 aromatic heterocycles. The summed E-state index contributed by atoms with van der Waals surface area (Å²) in [5.41, 5.74) is 7.36. The second-order valence-corrected chi connectivity index (χ2v) is 4.87. The molecule has 18 heavy (non-hydrogen) atoms. The van der Waals surface area contributed by atoms with E-state index in [9.17, 15) is 0 Å². The molecule has 0 aliphatic carbocycles. The molecule has 94 valence electrons. The summed E-state index contributed by atoms with van der Waals surface area (Å²) in [6, 6.07) is 8.02. The molecule has 0 saturated carbocycles. The lowest BCUT2D eigenvalue weighted by Crippen LogP contribution is -2.33. The van der Waals surface area contributed by atoms with E-state index in [-0.39, 0.29) is 6.04 Å². The molecule has 1 unspecified atom stereocenters. The largest absolute Gasteiger partial charge is 0.393 e. The predicted octanol–water partition coefficient (Wildman–Crippen LogP) is 2.13. The van der Waals surface area contributed by atoms with Crippen LogP contribution in [0.15, 0.2) is 30.5 Å². The van der Waals surface area contributed by atoms with Crippen LogP contribution in [0.2, 0.25) is 0 Å². The van der Waals surface area contributed by atoms with Crippen molar-refractivity contribution in [1.29, 1.82) is 0 Å². The Morgan fingerprint density at radius 1 is 1.39 bits per heavy atom. The number of rotatable bonds is 4. The zero-order valence-electron chi connectivity index (χ0n) is 10.5. The molecule has 0 bridgehead atoms. The molecule has 5 heteroatoms. The summed E-state index contributed by atoms with van der Waals surface area (Å²) in [6.07, 6.45) is 2.44. The number of benzene rings is 1. The van der Waals surface area contributed by atoms with Crippen LogP contribution in [0.4, 0.5) is 5.82 Å². The normalized spacial score (nSPS) is 12.3. The molecule has 2 aromatic rings. The first-order chi connectivity index (χ1) is 8.58. The Morgan fingerprint density at radius 3 is 2.72 bits per heavy atom. The third-order valence-electron chi connectivity index (χ3n) is 2.95. The lowest BCUT2D eigenvalue weighted by atomic mass is 10.2. The van der Waals surface area contributed by atoms with Gasteiger partial charge in [0.1, 0.15) is 5.82 Å². The Balaban J connectivity index is 2.27. The average Bonchev–Trinajstić information content (AvgIpc) is 2.36. The predicted molar refractivity (Wildman–Crippen MR) is 78.8 cm³/mol. The Bertz CT molecular complexity index is 570. The average molecular weight is 260 g/mol. The van der Waals surface area contributed by atoms with E-state index in [0.29, 0.717) is 11.4 Å². The topological polar surface area (TPSA) is 55.0 Å². The van der Waals surface area contributed by atoms with Crippen LogP contribution in [-0.2, 0) is 0 Å². The first-order valence-electron chi connectivity index (χ1n) is 5.81. The van der Waals surface area contributed by atoms with Gasteiger partial charge in [-0.1, -0.05) is 24.4 Å². The highest BCUT2D eigenvalue weighted by Crippen LogP contribution is 2.16. The molecule has 1 heterocycles. The summed E-state index contributed by atoms with van der Waals surface area (Å²) in [6.45, 7) is 2.07. The fourth-order valence-electron chi connectivity index (χ4n) is 1.77. The second kappa shape index (κ2) is 5.27. The van der Waals surface area contributed by atoms with Crippen molar-refractivity contribution in [3.8, 4) is 0 Å². The molecule has 0 saturated heterocycles. The van der Waals surface area contributed by atoms with E-state index in [1.54, 1.807) is 6.20 Å². The second-order valence-electron chi connectivity index (χ2n) is 4.35. The van der Waals surface area contributed by atoms with Crippen molar-refractivity contribution in [3.63, 3.8) is 0 Å². The summed E-state index contributed by atoms with van der Waals surface area (Å²) < 4.78 is 0. The molecule has 4 nitrogen and oxygen atoms in total. The molecule has 0 fully saturated rings. The van der Waals surface area contributed by atoms with Gasteiger partial charge in [0.2, 0.25) is 0 Å². The molecule has 0 aliphatic rings. The van der Waals surface area contributed by atoms with Gasteiger partial charge < -0.3 is 10.6 Å². The summed E-state index contributed by atoms with van der Waals surface area (Å²) in [7, 11) is 1.97. The van der Waals surface area contributed by atoms with Gasteiger partial charge >= 0.3 is 0 Å². The maximum Gasteiger partial charge on any atom is 0.147 e. The third kappa shape index (κ3) is 2.73. The number of hydrogen-bond donors (Lipinski definition) is 1. The Kier molecular flexibility index (Phi) is 3.72. The maximum absolute atomic E-state index is 5.57. The summed E-state index contributed by atoms with van der Waals surface area (Å²) in [5.74, 6) is 0.831. The van der Waals surface area contributed by atoms with Crippen molar-refractivity contribution in [2.24, 2.45) is 5.73 Å². The van der Waals surface area contributed by atoms with Crippen LogP contribution in [0.25, 0.3) is 11.0 Å². The number of nitrogens with zero attached hydrogens (tertiary/aromatic N) is 3. The number of nitrogens with two attached hydrogens (primary N) is 1. The van der Waals surface area contributed by atoms with Crippen molar-refractivity contribution < 1.29 is 0 Å². The van der Waals surface area contributed by atoms with Gasteiger partial charge in [-0.05, 0) is 19.1 Å². The van der Waals surface area contributed by atoms with Crippen LogP contribution in [-0.4, -0.2) is 28.0 Å². The van der Waals surface area contributed by atoms with E-state index < -0.39 is 0 Å². The smallest absolute Gasteiger partial charge is 0.147 e. The fraction of sp³-hybridized carbons (Fsp3) is 0.308. The van der Waals surface area contributed by atoms with Gasteiger partial charge in [0.05, 0.1) is 22.2 Å². The van der Waals surface area contributed by atoms with Gasteiger partial charge in [-0.15, -0.1) is 0 Å². The minimum absolute atomic E-state index is 0.206. The molecule has 1 aromatic carbocycles. The van der Waals surface area contributed by atoms with E-state index in [1.807, 2.05) is 36.2 Å². The number of thiocarbonyl (C=S) groups is 1. The zero-order chi connectivity index (χ0) is 13.1. The van der Waals surface area contributed by atoms with Crippen molar-refractivity contribution in [2.45, 2.75) is 19.4 Å². The zero-order valence-corrected chi connectivity index (χ0v) is 11.3. The first kappa shape index (κ1) is 12.7. The van der Waals surface area contributed by atoms with Crippen molar-refractivity contribution in [2.75, 3.05) is 11.9 Å². The molecule has 1 atom stereocenters. The molecule has 2 rings (SSSR count). The number of aromatic nitrogens is 2. The molecule has 2 N–H and O–H groups in total. The molecule has 0 spiro atoms. The van der Waals surface area contributed by atoms with Gasteiger partial charge in [0, 0.05) is 19.5 Å². The minimum atomic E-state index is 0.206. The number of hydrogen-bond acceptors (Lipinski definition) is 4. The molecular weight excluding hydrogens is 244 g/mol. The molecule has 0 radical (unpaired) electrons. The summed E-state index contributed by atoms with van der Waals surface area (Å²) in [4.78, 5) is 11.5. The van der Waals surface area contributed by atoms with E-state index in [0.717, 1.165) is 16.9 Å². The highest BCUT2D eigenvalue weighted by Gasteiger charge is 2.13. The van der Waals surface area contributed by atoms with Gasteiger partial charge in [0.25, 0.3) is 0 Å². The lowest BCUT2D eigenvalue weighted by Gasteiger charge is -2.25. The van der Waals surface area contributed by atoms with E-state index >= 15 is 0 Å². The first-order valence-corrected chi connectivity index (χ1v) is 6.21. The van der Waals surface area contributed by atoms with Crippen LogP contribution in [0.3, 0.4) is 0 Å². The lowest BCUT2D eigenvalue weighted by molar-refractivity contribution is 0.705. The Hall–Kier alpha value is -1.75. The quantitative estimate of drug-likeness (QED) is 0.853. The maximum atomic E-state index is 5.57. The van der Waals surface area contributed by atoms with Crippen LogP contribution in [0, 0.1) is 0 Å². The SMILES string of the molecule is CC(CC(N)=S)N(C)c1cnc2ccccc2n1. The van der Waals surface area contributed by atoms with E-state index in [1.165, 1.54) is 0 Å². The minimum Gasteiger partial charge on any atom is -0.393 e. The summed E-state index contributed by atoms with van der Waals surface area (Å²) in [5, 5.41) is 0. The Labute approximate surface area is 112 Å². The molecule has 0 amide bonds. The summed E-state index contributed by atoms with van der Waals surface area (Å²) >= 11 is 4.93. The van der Waals surface area contributed by atoms with Crippen molar-refractivity contribution in [1.82, 2.24) is 9.97 Å². The standard InChI is InChI=1S/C13H16N4S/c1-9(7-12(14)18)17(2)13-8-15-10-5-3-4-6-11(10)16-13/h3-6,8-9H,7H2,1-2H3,(H2,14,18). The van der Waals surface area contributed by atoms with Gasteiger partial charge in [-0.3, -0.25) is 4.98 Å². The molecular formula is C13H16N4S. The number of fused-ring (bicyclic) bond motifs is 1. The van der Waals surface area contributed by atoms with Crippen LogP contribution in [0.5, 0.6) is 0 Å². The van der Waals surface area contributed by atoms with Gasteiger partial charge in [-0.25, -0.2) is 4.98 Å². The Morgan fingerprint density at radius 2 is 2.06 bits per heavy atom. The van der Waals surface area contributed by atoms with Crippen molar-refractivity contribution in [3.05, 3.63) is 30.5 Å². The van der Waals surface area contributed by atoms with E-state index in [2.05, 4.69) is 16.9 Å². The van der Waals surface area contributed by atoms with Crippen molar-refractivity contribution >= 4 is 34.1 Å². The highest BCUT2D eigenvalue weighted by atomic mass is 32.1. The highest BCUT2D eigenvalue weighted by molar-refractivity contribution is 7.80. The van der Waals surface area contributed by atoms with Crippen LogP contribution < -0.4 is 10.6 Å². The third-order valence-corrected chi connectivity index (χ3v) is 3.12. The van der Waals surface area contributed by atoms with Gasteiger partial charge in [-0.2, -0.15) is 0 Å². The fourth-order valence-corrected chi connectivity index (χ4v) is 2.01. The number of para-hydroxylation sites is 2. The molecule has 0 aliphatic heterocycles. The van der Waals surface area contributed by atoms with Crippen LogP contribution in [0.1, 0.15) is 13.3 Å².